The van der Waals surface area contributed by atoms with Crippen molar-refractivity contribution in [3.63, 3.8) is 0 Å². The highest BCUT2D eigenvalue weighted by molar-refractivity contribution is 7.91. The van der Waals surface area contributed by atoms with Gasteiger partial charge in [-0.3, -0.25) is 4.79 Å². The molecule has 3 rings (SSSR count). The summed E-state index contributed by atoms with van der Waals surface area (Å²) in [6.45, 7) is 3.34. The Morgan fingerprint density at radius 2 is 2.07 bits per heavy atom. The fourth-order valence-electron chi connectivity index (χ4n) is 3.82. The summed E-state index contributed by atoms with van der Waals surface area (Å²) in [6, 6.07) is 5.74. The summed E-state index contributed by atoms with van der Waals surface area (Å²) >= 11 is 0. The SMILES string of the molecule is CC1([C@H]2CC(=O)N(CCOc3ccc(F)c(C#N)c3)C2)CCS(=O)(=O)CC1. The lowest BCUT2D eigenvalue weighted by molar-refractivity contribution is -0.128. The zero-order valence-corrected chi connectivity index (χ0v) is 16.1. The average Bonchev–Trinajstić information content (AvgIpc) is 3.01. The molecule has 2 fully saturated rings. The average molecular weight is 394 g/mol. The molecular weight excluding hydrogens is 371 g/mol. The van der Waals surface area contributed by atoms with E-state index in [1.54, 1.807) is 11.0 Å². The maximum Gasteiger partial charge on any atom is 0.223 e. The first-order chi connectivity index (χ1) is 12.7. The Hall–Kier alpha value is -2.14. The molecule has 0 unspecified atom stereocenters. The number of hydrogen-bond donors (Lipinski definition) is 0. The van der Waals surface area contributed by atoms with E-state index in [1.807, 2.05) is 0 Å². The lowest BCUT2D eigenvalue weighted by Crippen LogP contribution is -2.38. The van der Waals surface area contributed by atoms with E-state index in [1.165, 1.54) is 18.2 Å². The molecule has 0 aromatic heterocycles. The van der Waals surface area contributed by atoms with Crippen molar-refractivity contribution in [1.82, 2.24) is 4.90 Å². The quantitative estimate of drug-likeness (QED) is 0.764. The number of ether oxygens (including phenoxy) is 1. The molecule has 1 aromatic rings. The number of amides is 1. The number of carbonyl (C=O) groups excluding carboxylic acids is 1. The van der Waals surface area contributed by atoms with Crippen LogP contribution >= 0.6 is 0 Å². The maximum absolute atomic E-state index is 13.3. The Balaban J connectivity index is 1.53. The molecule has 8 heteroatoms. The van der Waals surface area contributed by atoms with Gasteiger partial charge in [-0.1, -0.05) is 6.92 Å². The van der Waals surface area contributed by atoms with Gasteiger partial charge < -0.3 is 9.64 Å². The van der Waals surface area contributed by atoms with E-state index in [9.17, 15) is 17.6 Å². The van der Waals surface area contributed by atoms with Crippen LogP contribution in [0.25, 0.3) is 0 Å². The third-order valence-corrected chi connectivity index (χ3v) is 7.51. The number of nitriles is 1. The summed E-state index contributed by atoms with van der Waals surface area (Å²) in [7, 11) is -2.93. The van der Waals surface area contributed by atoms with Crippen molar-refractivity contribution in [3.8, 4) is 11.8 Å². The predicted molar refractivity (Wildman–Crippen MR) is 97.3 cm³/mol. The Bertz CT molecular complexity index is 864. The molecule has 0 radical (unpaired) electrons. The van der Waals surface area contributed by atoms with Crippen LogP contribution in [-0.2, 0) is 14.6 Å². The smallest absolute Gasteiger partial charge is 0.223 e. The van der Waals surface area contributed by atoms with E-state index in [4.69, 9.17) is 10.00 Å². The van der Waals surface area contributed by atoms with E-state index >= 15 is 0 Å². The molecule has 2 saturated heterocycles. The topological polar surface area (TPSA) is 87.5 Å². The molecule has 2 heterocycles. The number of halogens is 1. The fourth-order valence-corrected chi connectivity index (χ4v) is 5.58. The molecule has 0 saturated carbocycles. The monoisotopic (exact) mass is 394 g/mol. The summed E-state index contributed by atoms with van der Waals surface area (Å²) in [5.41, 5.74) is -0.208. The first-order valence-corrected chi connectivity index (χ1v) is 10.9. The molecule has 2 aliphatic heterocycles. The summed E-state index contributed by atoms with van der Waals surface area (Å²) in [5, 5.41) is 8.85. The second-order valence-electron chi connectivity index (χ2n) is 7.65. The van der Waals surface area contributed by atoms with Gasteiger partial charge in [0.2, 0.25) is 5.91 Å². The van der Waals surface area contributed by atoms with Gasteiger partial charge in [-0.15, -0.1) is 0 Å². The second-order valence-corrected chi connectivity index (χ2v) is 9.95. The van der Waals surface area contributed by atoms with Gasteiger partial charge in [0.15, 0.2) is 0 Å². The largest absolute Gasteiger partial charge is 0.492 e. The molecule has 1 atom stereocenters. The van der Waals surface area contributed by atoms with Crippen molar-refractivity contribution >= 4 is 15.7 Å². The highest BCUT2D eigenvalue weighted by atomic mass is 32.2. The van der Waals surface area contributed by atoms with Gasteiger partial charge in [0, 0.05) is 19.0 Å². The number of sulfone groups is 1. The molecule has 27 heavy (non-hydrogen) atoms. The molecule has 0 aliphatic carbocycles. The molecule has 146 valence electrons. The first-order valence-electron chi connectivity index (χ1n) is 9.03. The zero-order valence-electron chi connectivity index (χ0n) is 15.3. The molecule has 0 N–H and O–H groups in total. The predicted octanol–water partition coefficient (Wildman–Crippen LogP) is 2.14. The van der Waals surface area contributed by atoms with Crippen molar-refractivity contribution in [2.75, 3.05) is 31.2 Å². The Kier molecular flexibility index (Phi) is 5.43. The van der Waals surface area contributed by atoms with Crippen molar-refractivity contribution < 1.29 is 22.3 Å². The van der Waals surface area contributed by atoms with Crippen LogP contribution in [0.1, 0.15) is 31.7 Å². The summed E-state index contributed by atoms with van der Waals surface area (Å²) < 4.78 is 42.3. The van der Waals surface area contributed by atoms with Gasteiger partial charge in [0.25, 0.3) is 0 Å². The van der Waals surface area contributed by atoms with Crippen LogP contribution in [0.3, 0.4) is 0 Å². The number of rotatable bonds is 5. The minimum atomic E-state index is -2.93. The van der Waals surface area contributed by atoms with E-state index in [2.05, 4.69) is 6.92 Å². The van der Waals surface area contributed by atoms with Gasteiger partial charge in [0.05, 0.1) is 23.6 Å². The van der Waals surface area contributed by atoms with Gasteiger partial charge in [0.1, 0.15) is 34.1 Å². The first kappa shape index (κ1) is 19.6. The lowest BCUT2D eigenvalue weighted by atomic mass is 9.72. The van der Waals surface area contributed by atoms with Crippen molar-refractivity contribution in [3.05, 3.63) is 29.6 Å². The van der Waals surface area contributed by atoms with Crippen LogP contribution in [0.5, 0.6) is 5.75 Å². The second kappa shape index (κ2) is 7.47. The zero-order chi connectivity index (χ0) is 19.7. The minimum Gasteiger partial charge on any atom is -0.492 e. The van der Waals surface area contributed by atoms with Crippen LogP contribution in [0, 0.1) is 28.5 Å². The molecule has 0 spiro atoms. The van der Waals surface area contributed by atoms with Crippen molar-refractivity contribution in [2.45, 2.75) is 26.2 Å². The third kappa shape index (κ3) is 4.41. The maximum atomic E-state index is 13.3. The van der Waals surface area contributed by atoms with E-state index in [0.717, 1.165) is 0 Å². The summed E-state index contributed by atoms with van der Waals surface area (Å²) in [4.78, 5) is 14.1. The standard InChI is InChI=1S/C19H23FN2O4S/c1-19(4-8-27(24,25)9-5-19)15-11-18(23)22(13-15)6-7-26-16-2-3-17(20)14(10-16)12-21/h2-3,10,15H,4-9,11,13H2,1H3/t15-/m0/s1. The Morgan fingerprint density at radius 3 is 2.74 bits per heavy atom. The Labute approximate surface area is 158 Å². The fraction of sp³-hybridized carbons (Fsp3) is 0.579. The van der Waals surface area contributed by atoms with Crippen molar-refractivity contribution in [1.29, 1.82) is 5.26 Å². The molecule has 1 aromatic carbocycles. The molecule has 2 aliphatic rings. The van der Waals surface area contributed by atoms with Crippen LogP contribution in [-0.4, -0.2) is 50.4 Å². The van der Waals surface area contributed by atoms with Gasteiger partial charge >= 0.3 is 0 Å². The van der Waals surface area contributed by atoms with Gasteiger partial charge in [-0.25, -0.2) is 12.8 Å². The number of carbonyl (C=O) groups is 1. The van der Waals surface area contributed by atoms with Crippen LogP contribution < -0.4 is 4.74 Å². The number of nitrogens with zero attached hydrogens (tertiary/aromatic N) is 2. The van der Waals surface area contributed by atoms with Crippen LogP contribution in [0.2, 0.25) is 0 Å². The third-order valence-electron chi connectivity index (χ3n) is 5.86. The lowest BCUT2D eigenvalue weighted by Gasteiger charge is -2.38. The van der Waals surface area contributed by atoms with Gasteiger partial charge in [-0.05, 0) is 36.3 Å². The Morgan fingerprint density at radius 1 is 1.37 bits per heavy atom. The molecular formula is C19H23FN2O4S. The van der Waals surface area contributed by atoms with Crippen LogP contribution in [0.15, 0.2) is 18.2 Å². The molecule has 1 amide bonds. The van der Waals surface area contributed by atoms with E-state index in [0.29, 0.717) is 38.1 Å². The molecule has 6 nitrogen and oxygen atoms in total. The number of likely N-dealkylation sites (tertiary alicyclic amines) is 1. The number of benzene rings is 1. The number of hydrogen-bond acceptors (Lipinski definition) is 5. The van der Waals surface area contributed by atoms with Crippen molar-refractivity contribution in [2.24, 2.45) is 11.3 Å². The summed E-state index contributed by atoms with van der Waals surface area (Å²) in [5.74, 6) is 0.393. The normalized spacial score (nSPS) is 23.8. The highest BCUT2D eigenvalue weighted by Crippen LogP contribution is 2.43. The van der Waals surface area contributed by atoms with Gasteiger partial charge in [-0.2, -0.15) is 5.26 Å². The van der Waals surface area contributed by atoms with E-state index in [-0.39, 0.29) is 40.9 Å². The van der Waals surface area contributed by atoms with E-state index < -0.39 is 15.7 Å². The van der Waals surface area contributed by atoms with Crippen LogP contribution in [0.4, 0.5) is 4.39 Å². The summed E-state index contributed by atoms with van der Waals surface area (Å²) in [6.07, 6.45) is 1.64. The molecule has 0 bridgehead atoms. The highest BCUT2D eigenvalue weighted by Gasteiger charge is 2.44. The minimum absolute atomic E-state index is 0.0510.